The number of guanidine groups is 1. The molecule has 0 radical (unpaired) electrons. The first-order valence-electron chi connectivity index (χ1n) is 10.5. The zero-order chi connectivity index (χ0) is 20.0. The molecule has 28 heavy (non-hydrogen) atoms. The van der Waals surface area contributed by atoms with Gasteiger partial charge in [-0.05, 0) is 43.4 Å². The Bertz CT molecular complexity index is 708. The van der Waals surface area contributed by atoms with Gasteiger partial charge in [-0.2, -0.15) is 0 Å². The number of fused-ring (bicyclic) bond motifs is 1. The standard InChI is InChI=1S/C22H34N4O2/c1-4-23-21(25-16-22(11-5-6-12-22)20(27)26(2)3)24-13-9-17-7-8-19-18(15-17)10-14-28-19/h7-8,15H,4-6,9-14,16H2,1-3H3,(H2,23,24,25). The van der Waals surface area contributed by atoms with Crippen LogP contribution in [0.1, 0.15) is 43.7 Å². The van der Waals surface area contributed by atoms with Gasteiger partial charge < -0.3 is 20.3 Å². The van der Waals surface area contributed by atoms with Crippen molar-refractivity contribution in [1.29, 1.82) is 0 Å². The molecule has 1 amide bonds. The summed E-state index contributed by atoms with van der Waals surface area (Å²) in [6.45, 7) is 5.02. The van der Waals surface area contributed by atoms with Crippen molar-refractivity contribution in [3.8, 4) is 5.75 Å². The first-order valence-corrected chi connectivity index (χ1v) is 10.5. The Morgan fingerprint density at radius 2 is 2.04 bits per heavy atom. The van der Waals surface area contributed by atoms with Gasteiger partial charge in [0.25, 0.3) is 0 Å². The molecule has 2 N–H and O–H groups in total. The van der Waals surface area contributed by atoms with Crippen LogP contribution in [0, 0.1) is 5.41 Å². The number of carbonyl (C=O) groups is 1. The maximum absolute atomic E-state index is 12.7. The van der Waals surface area contributed by atoms with Crippen molar-refractivity contribution in [3.63, 3.8) is 0 Å². The van der Waals surface area contributed by atoms with E-state index in [1.807, 2.05) is 14.1 Å². The van der Waals surface area contributed by atoms with Gasteiger partial charge in [0.15, 0.2) is 5.96 Å². The Morgan fingerprint density at radius 3 is 2.75 bits per heavy atom. The highest BCUT2D eigenvalue weighted by atomic mass is 16.5. The summed E-state index contributed by atoms with van der Waals surface area (Å²) in [5, 5.41) is 6.74. The highest BCUT2D eigenvalue weighted by Gasteiger charge is 2.42. The molecule has 6 heteroatoms. The molecule has 0 aromatic heterocycles. The molecular formula is C22H34N4O2. The van der Waals surface area contributed by atoms with Gasteiger partial charge in [-0.3, -0.25) is 9.79 Å². The SMILES string of the molecule is CCNC(=NCC1(C(=O)N(C)C)CCCC1)NCCc1ccc2c(c1)CCO2. The molecule has 1 saturated carbocycles. The molecule has 1 aliphatic carbocycles. The summed E-state index contributed by atoms with van der Waals surface area (Å²) in [5.74, 6) is 2.04. The normalized spacial score (nSPS) is 17.8. The van der Waals surface area contributed by atoms with E-state index in [0.29, 0.717) is 6.54 Å². The first kappa shape index (κ1) is 20.5. The van der Waals surface area contributed by atoms with Crippen molar-refractivity contribution in [1.82, 2.24) is 15.5 Å². The number of nitrogens with zero attached hydrogens (tertiary/aromatic N) is 2. The smallest absolute Gasteiger partial charge is 0.230 e. The zero-order valence-electron chi connectivity index (χ0n) is 17.5. The molecule has 1 aromatic rings. The van der Waals surface area contributed by atoms with Crippen LogP contribution in [0.3, 0.4) is 0 Å². The molecule has 3 rings (SSSR count). The highest BCUT2D eigenvalue weighted by molar-refractivity contribution is 5.84. The summed E-state index contributed by atoms with van der Waals surface area (Å²) >= 11 is 0. The van der Waals surface area contributed by atoms with Crippen LogP contribution in [0.25, 0.3) is 0 Å². The third kappa shape index (κ3) is 4.78. The van der Waals surface area contributed by atoms with Crippen molar-refractivity contribution in [2.24, 2.45) is 10.4 Å². The van der Waals surface area contributed by atoms with E-state index in [-0.39, 0.29) is 11.3 Å². The van der Waals surface area contributed by atoms with Crippen LogP contribution in [-0.4, -0.2) is 57.1 Å². The second kappa shape index (κ2) is 9.30. The number of carbonyl (C=O) groups excluding carboxylic acids is 1. The largest absolute Gasteiger partial charge is 0.493 e. The summed E-state index contributed by atoms with van der Waals surface area (Å²) < 4.78 is 5.58. The number of rotatable bonds is 7. The monoisotopic (exact) mass is 386 g/mol. The van der Waals surface area contributed by atoms with Gasteiger partial charge in [0, 0.05) is 33.6 Å². The Kier molecular flexibility index (Phi) is 6.81. The van der Waals surface area contributed by atoms with Gasteiger partial charge in [0.05, 0.1) is 18.6 Å². The van der Waals surface area contributed by atoms with E-state index in [2.05, 4.69) is 35.8 Å². The molecule has 2 aliphatic rings. The summed E-state index contributed by atoms with van der Waals surface area (Å²) in [7, 11) is 3.69. The third-order valence-corrected chi connectivity index (χ3v) is 5.76. The fourth-order valence-electron chi connectivity index (χ4n) is 4.26. The molecule has 1 aromatic carbocycles. The highest BCUT2D eigenvalue weighted by Crippen LogP contribution is 2.39. The van der Waals surface area contributed by atoms with Crippen LogP contribution < -0.4 is 15.4 Å². The van der Waals surface area contributed by atoms with Gasteiger partial charge in [-0.25, -0.2) is 0 Å². The summed E-state index contributed by atoms with van der Waals surface area (Å²) in [5.41, 5.74) is 2.29. The maximum Gasteiger partial charge on any atom is 0.230 e. The number of benzene rings is 1. The van der Waals surface area contributed by atoms with E-state index in [0.717, 1.165) is 69.9 Å². The van der Waals surface area contributed by atoms with E-state index in [4.69, 9.17) is 9.73 Å². The summed E-state index contributed by atoms with van der Waals surface area (Å²) in [4.78, 5) is 19.2. The topological polar surface area (TPSA) is 66.0 Å². The van der Waals surface area contributed by atoms with Crippen LogP contribution in [-0.2, 0) is 17.6 Å². The van der Waals surface area contributed by atoms with E-state index in [1.54, 1.807) is 4.90 Å². The summed E-state index contributed by atoms with van der Waals surface area (Å²) in [6.07, 6.45) is 6.03. The van der Waals surface area contributed by atoms with E-state index in [9.17, 15) is 4.79 Å². The molecule has 154 valence electrons. The van der Waals surface area contributed by atoms with E-state index in [1.165, 1.54) is 11.1 Å². The fourth-order valence-corrected chi connectivity index (χ4v) is 4.26. The minimum Gasteiger partial charge on any atom is -0.493 e. The lowest BCUT2D eigenvalue weighted by atomic mass is 9.85. The minimum atomic E-state index is -0.328. The molecule has 0 bridgehead atoms. The molecule has 0 saturated heterocycles. The predicted molar refractivity (Wildman–Crippen MR) is 113 cm³/mol. The van der Waals surface area contributed by atoms with E-state index >= 15 is 0 Å². The molecule has 0 unspecified atom stereocenters. The molecule has 0 atom stereocenters. The Labute approximate surface area is 168 Å². The number of ether oxygens (including phenoxy) is 1. The Hall–Kier alpha value is -2.24. The molecule has 1 fully saturated rings. The van der Waals surface area contributed by atoms with Gasteiger partial charge in [0.2, 0.25) is 5.91 Å². The number of amides is 1. The lowest BCUT2D eigenvalue weighted by Crippen LogP contribution is -2.43. The van der Waals surface area contributed by atoms with Crippen molar-refractivity contribution >= 4 is 11.9 Å². The predicted octanol–water partition coefficient (Wildman–Crippen LogP) is 2.37. The van der Waals surface area contributed by atoms with Crippen molar-refractivity contribution in [2.45, 2.75) is 45.4 Å². The molecule has 0 spiro atoms. The number of aliphatic imine (C=N–C) groups is 1. The van der Waals surface area contributed by atoms with Gasteiger partial charge >= 0.3 is 0 Å². The fraction of sp³-hybridized carbons (Fsp3) is 0.636. The lowest BCUT2D eigenvalue weighted by molar-refractivity contribution is -0.138. The summed E-state index contributed by atoms with van der Waals surface area (Å²) in [6, 6.07) is 6.46. The second-order valence-corrected chi connectivity index (χ2v) is 8.10. The zero-order valence-corrected chi connectivity index (χ0v) is 17.5. The average molecular weight is 387 g/mol. The second-order valence-electron chi connectivity index (χ2n) is 8.10. The van der Waals surface area contributed by atoms with Gasteiger partial charge in [0.1, 0.15) is 5.75 Å². The van der Waals surface area contributed by atoms with Crippen LogP contribution in [0.5, 0.6) is 5.75 Å². The van der Waals surface area contributed by atoms with Gasteiger partial charge in [-0.15, -0.1) is 0 Å². The van der Waals surface area contributed by atoms with Crippen LogP contribution in [0.15, 0.2) is 23.2 Å². The Balaban J connectivity index is 1.58. The third-order valence-electron chi connectivity index (χ3n) is 5.76. The molecule has 1 heterocycles. The first-order chi connectivity index (χ1) is 13.5. The van der Waals surface area contributed by atoms with Crippen molar-refractivity contribution in [2.75, 3.05) is 40.3 Å². The van der Waals surface area contributed by atoms with Gasteiger partial charge in [-0.1, -0.05) is 25.0 Å². The molecule has 1 aliphatic heterocycles. The van der Waals surface area contributed by atoms with E-state index < -0.39 is 0 Å². The minimum absolute atomic E-state index is 0.213. The number of hydrogen-bond donors (Lipinski definition) is 2. The quantitative estimate of drug-likeness (QED) is 0.558. The van der Waals surface area contributed by atoms with Crippen LogP contribution >= 0.6 is 0 Å². The van der Waals surface area contributed by atoms with Crippen molar-refractivity contribution < 1.29 is 9.53 Å². The average Bonchev–Trinajstić information content (AvgIpc) is 3.35. The number of nitrogens with one attached hydrogen (secondary N) is 2. The Morgan fingerprint density at radius 1 is 1.25 bits per heavy atom. The molecule has 6 nitrogen and oxygen atoms in total. The lowest BCUT2D eigenvalue weighted by Gasteiger charge is -2.29. The van der Waals surface area contributed by atoms with Crippen LogP contribution in [0.4, 0.5) is 0 Å². The maximum atomic E-state index is 12.7. The number of hydrogen-bond acceptors (Lipinski definition) is 3. The molecular weight excluding hydrogens is 352 g/mol. The van der Waals surface area contributed by atoms with Crippen LogP contribution in [0.2, 0.25) is 0 Å². The van der Waals surface area contributed by atoms with Crippen molar-refractivity contribution in [3.05, 3.63) is 29.3 Å².